The van der Waals surface area contributed by atoms with E-state index in [9.17, 15) is 0 Å². The van der Waals surface area contributed by atoms with Gasteiger partial charge in [-0.2, -0.15) is 0 Å². The van der Waals surface area contributed by atoms with E-state index in [-0.39, 0.29) is 6.04 Å². The first-order chi connectivity index (χ1) is 7.68. The third-order valence-electron chi connectivity index (χ3n) is 2.61. The lowest BCUT2D eigenvalue weighted by molar-refractivity contribution is 0.490. The Morgan fingerprint density at radius 2 is 2.06 bits per heavy atom. The molecule has 0 aliphatic rings. The largest absolute Gasteiger partial charge is 0.467 e. The first-order valence-corrected chi connectivity index (χ1v) is 6.31. The molecule has 0 fully saturated rings. The summed E-state index contributed by atoms with van der Waals surface area (Å²) in [5, 5.41) is 3.45. The van der Waals surface area contributed by atoms with Crippen LogP contribution < -0.4 is 5.32 Å². The molecule has 0 radical (unpaired) electrons. The molecule has 1 unspecified atom stereocenters. The van der Waals surface area contributed by atoms with Crippen LogP contribution in [0.5, 0.6) is 0 Å². The minimum absolute atomic E-state index is 0.187. The van der Waals surface area contributed by atoms with Crippen molar-refractivity contribution in [2.45, 2.75) is 19.9 Å². The van der Waals surface area contributed by atoms with Crippen molar-refractivity contribution in [2.75, 3.05) is 5.32 Å². The summed E-state index contributed by atoms with van der Waals surface area (Å²) in [7, 11) is 0. The fraction of sp³-hybridized carbons (Fsp3) is 0.231. The maximum Gasteiger partial charge on any atom is 0.125 e. The van der Waals surface area contributed by atoms with Crippen molar-refractivity contribution in [3.8, 4) is 0 Å². The van der Waals surface area contributed by atoms with Gasteiger partial charge in [0.15, 0.2) is 0 Å². The Bertz CT molecular complexity index is 465. The highest BCUT2D eigenvalue weighted by Gasteiger charge is 2.09. The molecule has 1 heterocycles. The number of furan rings is 1. The molecule has 2 aromatic rings. The summed E-state index contributed by atoms with van der Waals surface area (Å²) in [5.41, 5.74) is 2.44. The van der Waals surface area contributed by atoms with E-state index in [1.54, 1.807) is 6.26 Å². The Balaban J connectivity index is 2.18. The summed E-state index contributed by atoms with van der Waals surface area (Å²) < 4.78 is 6.65. The molecule has 0 bridgehead atoms. The molecular formula is C13H14INO. The second-order valence-electron chi connectivity index (χ2n) is 3.79. The fourth-order valence-electron chi connectivity index (χ4n) is 1.61. The molecule has 1 N–H and O–H groups in total. The molecule has 0 amide bonds. The van der Waals surface area contributed by atoms with Crippen molar-refractivity contribution in [3.05, 3.63) is 51.5 Å². The molecule has 84 valence electrons. The highest BCUT2D eigenvalue weighted by atomic mass is 127. The number of hydrogen-bond acceptors (Lipinski definition) is 2. The molecule has 0 aliphatic carbocycles. The second kappa shape index (κ2) is 4.91. The fourth-order valence-corrected chi connectivity index (χ4v) is 2.10. The minimum atomic E-state index is 0.187. The molecule has 1 aromatic heterocycles. The van der Waals surface area contributed by atoms with Crippen LogP contribution in [0, 0.1) is 10.5 Å². The van der Waals surface area contributed by atoms with Crippen molar-refractivity contribution in [1.29, 1.82) is 0 Å². The monoisotopic (exact) mass is 327 g/mol. The SMILES string of the molecule is Cc1c(I)cccc1NC(C)c1ccco1. The molecule has 0 aliphatic heterocycles. The van der Waals surface area contributed by atoms with Gasteiger partial charge in [-0.15, -0.1) is 0 Å². The van der Waals surface area contributed by atoms with Crippen LogP contribution in [0.3, 0.4) is 0 Å². The van der Waals surface area contributed by atoms with Gasteiger partial charge >= 0.3 is 0 Å². The molecule has 2 rings (SSSR count). The zero-order valence-corrected chi connectivity index (χ0v) is 11.5. The zero-order valence-electron chi connectivity index (χ0n) is 9.33. The predicted octanol–water partition coefficient (Wildman–Crippen LogP) is 4.37. The summed E-state index contributed by atoms with van der Waals surface area (Å²) in [5.74, 6) is 0.957. The Hall–Kier alpha value is -0.970. The van der Waals surface area contributed by atoms with E-state index in [4.69, 9.17) is 4.42 Å². The van der Waals surface area contributed by atoms with Gasteiger partial charge in [-0.3, -0.25) is 0 Å². The van der Waals surface area contributed by atoms with E-state index in [1.807, 2.05) is 12.1 Å². The predicted molar refractivity (Wildman–Crippen MR) is 74.6 cm³/mol. The van der Waals surface area contributed by atoms with Crippen LogP contribution in [0.1, 0.15) is 24.3 Å². The van der Waals surface area contributed by atoms with E-state index in [0.29, 0.717) is 0 Å². The summed E-state index contributed by atoms with van der Waals surface area (Å²) >= 11 is 2.35. The number of anilines is 1. The maximum atomic E-state index is 5.37. The van der Waals surface area contributed by atoms with Gasteiger partial charge in [-0.05, 0) is 66.3 Å². The lowest BCUT2D eigenvalue weighted by Crippen LogP contribution is -2.07. The number of nitrogens with one attached hydrogen (secondary N) is 1. The Morgan fingerprint density at radius 1 is 1.25 bits per heavy atom. The molecule has 1 atom stereocenters. The molecule has 1 aromatic carbocycles. The van der Waals surface area contributed by atoms with Crippen LogP contribution >= 0.6 is 22.6 Å². The topological polar surface area (TPSA) is 25.2 Å². The molecule has 16 heavy (non-hydrogen) atoms. The van der Waals surface area contributed by atoms with Crippen molar-refractivity contribution >= 4 is 28.3 Å². The third-order valence-corrected chi connectivity index (χ3v) is 3.78. The Morgan fingerprint density at radius 3 is 2.75 bits per heavy atom. The maximum absolute atomic E-state index is 5.37. The highest BCUT2D eigenvalue weighted by molar-refractivity contribution is 14.1. The van der Waals surface area contributed by atoms with E-state index in [2.05, 4.69) is 60.0 Å². The summed E-state index contributed by atoms with van der Waals surface area (Å²) in [4.78, 5) is 0. The minimum Gasteiger partial charge on any atom is -0.467 e. The van der Waals surface area contributed by atoms with Crippen molar-refractivity contribution < 1.29 is 4.42 Å². The zero-order chi connectivity index (χ0) is 11.5. The average Bonchev–Trinajstić information content (AvgIpc) is 2.78. The van der Waals surface area contributed by atoms with Gasteiger partial charge in [0.05, 0.1) is 12.3 Å². The number of hydrogen-bond donors (Lipinski definition) is 1. The first-order valence-electron chi connectivity index (χ1n) is 5.23. The molecular weight excluding hydrogens is 313 g/mol. The van der Waals surface area contributed by atoms with Gasteiger partial charge in [-0.25, -0.2) is 0 Å². The molecule has 0 saturated carbocycles. The molecule has 3 heteroatoms. The molecule has 0 saturated heterocycles. The van der Waals surface area contributed by atoms with Crippen molar-refractivity contribution in [2.24, 2.45) is 0 Å². The summed E-state index contributed by atoms with van der Waals surface area (Å²) in [6.07, 6.45) is 1.70. The standard InChI is InChI=1S/C13H14INO/c1-9-11(14)5-3-6-12(9)15-10(2)13-7-4-8-16-13/h3-8,10,15H,1-2H3. The van der Waals surface area contributed by atoms with Crippen LogP contribution in [0.4, 0.5) is 5.69 Å². The lowest BCUT2D eigenvalue weighted by atomic mass is 10.1. The summed E-state index contributed by atoms with van der Waals surface area (Å²) in [6, 6.07) is 10.4. The molecule has 2 nitrogen and oxygen atoms in total. The van der Waals surface area contributed by atoms with E-state index >= 15 is 0 Å². The van der Waals surface area contributed by atoms with Crippen molar-refractivity contribution in [1.82, 2.24) is 0 Å². The summed E-state index contributed by atoms with van der Waals surface area (Å²) in [6.45, 7) is 4.22. The van der Waals surface area contributed by atoms with Gasteiger partial charge in [0, 0.05) is 9.26 Å². The lowest BCUT2D eigenvalue weighted by Gasteiger charge is -2.15. The van der Waals surface area contributed by atoms with Crippen LogP contribution in [0.25, 0.3) is 0 Å². The van der Waals surface area contributed by atoms with Crippen LogP contribution in [0.15, 0.2) is 41.0 Å². The van der Waals surface area contributed by atoms with Gasteiger partial charge in [0.1, 0.15) is 5.76 Å². The third kappa shape index (κ3) is 2.40. The molecule has 0 spiro atoms. The van der Waals surface area contributed by atoms with E-state index in [1.165, 1.54) is 9.13 Å². The Kier molecular flexibility index (Phi) is 3.53. The highest BCUT2D eigenvalue weighted by Crippen LogP contribution is 2.25. The number of halogens is 1. The number of rotatable bonds is 3. The van der Waals surface area contributed by atoms with Crippen LogP contribution in [0.2, 0.25) is 0 Å². The Labute approximate surface area is 109 Å². The van der Waals surface area contributed by atoms with Gasteiger partial charge in [0.2, 0.25) is 0 Å². The second-order valence-corrected chi connectivity index (χ2v) is 4.96. The van der Waals surface area contributed by atoms with Crippen molar-refractivity contribution in [3.63, 3.8) is 0 Å². The van der Waals surface area contributed by atoms with E-state index < -0.39 is 0 Å². The van der Waals surface area contributed by atoms with Crippen LogP contribution in [-0.4, -0.2) is 0 Å². The van der Waals surface area contributed by atoms with Gasteiger partial charge < -0.3 is 9.73 Å². The van der Waals surface area contributed by atoms with Crippen LogP contribution in [-0.2, 0) is 0 Å². The smallest absolute Gasteiger partial charge is 0.125 e. The van der Waals surface area contributed by atoms with E-state index in [0.717, 1.165) is 11.4 Å². The van der Waals surface area contributed by atoms with Gasteiger partial charge in [0.25, 0.3) is 0 Å². The quantitative estimate of drug-likeness (QED) is 0.847. The average molecular weight is 327 g/mol. The van der Waals surface area contributed by atoms with Gasteiger partial charge in [-0.1, -0.05) is 6.07 Å². The number of benzene rings is 1. The first kappa shape index (κ1) is 11.5. The normalized spacial score (nSPS) is 12.4.